The van der Waals surface area contributed by atoms with E-state index >= 15 is 0 Å². The Morgan fingerprint density at radius 2 is 0.868 bits per heavy atom. The molecule has 0 aliphatic carbocycles. The van der Waals surface area contributed by atoms with Crippen LogP contribution in [0.4, 0.5) is 0 Å². The van der Waals surface area contributed by atoms with Gasteiger partial charge in [-0.2, -0.15) is 0 Å². The Kier molecular flexibility index (Phi) is 11.9. The molecule has 2 heterocycles. The van der Waals surface area contributed by atoms with Crippen molar-refractivity contribution in [3.63, 3.8) is 0 Å². The van der Waals surface area contributed by atoms with Gasteiger partial charge in [-0.25, -0.2) is 0 Å². The number of carboxylic acids is 2. The van der Waals surface area contributed by atoms with Gasteiger partial charge in [-0.1, -0.05) is 84.9 Å². The molecule has 0 spiro atoms. The predicted molar refractivity (Wildman–Crippen MR) is 191 cm³/mol. The van der Waals surface area contributed by atoms with E-state index < -0.39 is 11.9 Å². The zero-order valence-electron chi connectivity index (χ0n) is 28.5. The second kappa shape index (κ2) is 17.1. The van der Waals surface area contributed by atoms with Crippen molar-refractivity contribution in [3.05, 3.63) is 178 Å². The maximum Gasteiger partial charge on any atom is 2.00 e. The smallest absolute Gasteiger partial charge is 0.545 e. The molecule has 0 saturated heterocycles. The van der Waals surface area contributed by atoms with Gasteiger partial charge in [-0.05, 0) is 70.8 Å². The molecule has 0 atom stereocenters. The molecule has 6 aromatic rings. The van der Waals surface area contributed by atoms with E-state index in [0.717, 1.165) is 34.1 Å². The van der Waals surface area contributed by atoms with Crippen molar-refractivity contribution in [2.24, 2.45) is 0 Å². The summed E-state index contributed by atoms with van der Waals surface area (Å²) in [5.74, 6) is 1.86. The van der Waals surface area contributed by atoms with Gasteiger partial charge in [0.1, 0.15) is 34.5 Å². The summed E-state index contributed by atoms with van der Waals surface area (Å²) in [5, 5.41) is 23.7. The molecule has 0 N–H and O–H groups in total. The van der Waals surface area contributed by atoms with Crippen molar-refractivity contribution in [2.75, 3.05) is 13.2 Å². The van der Waals surface area contributed by atoms with Gasteiger partial charge in [0.2, 0.25) is 0 Å². The summed E-state index contributed by atoms with van der Waals surface area (Å²) in [5.41, 5.74) is 5.11. The monoisotopic (exact) mass is 885 g/mol. The predicted octanol–water partition coefficient (Wildman–Crippen LogP) is 6.73. The first kappa shape index (κ1) is 36.9. The van der Waals surface area contributed by atoms with Crippen molar-refractivity contribution < 1.29 is 59.8 Å². The molecule has 2 aliphatic heterocycles. The standard InChI is InChI=1S/2C22H18O4.Pt/c2*23-22(24)21-15(12-13-25-17-7-2-1-3-8-17)10-11-20-18(21)14-16-6-4-5-9-19(16)26-20;/h2*1-11H,12-14H2,(H,23,24);/q;;+2/p-2. The first-order valence-electron chi connectivity index (χ1n) is 17.0. The van der Waals surface area contributed by atoms with E-state index in [1.165, 1.54) is 0 Å². The number of carbonyl (C=O) groups excluding carboxylic acids is 2. The average Bonchev–Trinajstić information content (AvgIpc) is 3.17. The summed E-state index contributed by atoms with van der Waals surface area (Å²) in [4.78, 5) is 23.7. The van der Waals surface area contributed by atoms with Gasteiger partial charge in [0.15, 0.2) is 0 Å². The maximum absolute atomic E-state index is 11.8. The molecule has 2 aliphatic rings. The molecule has 0 bridgehead atoms. The SMILES string of the molecule is O=C([O-])c1c(CCOc2ccccc2)ccc2c1Cc1ccccc1O2.O=C([O-])c1c(CCOc2ccccc2)ccc2c1Cc1ccccc1O2.[Pt+2]. The van der Waals surface area contributed by atoms with Crippen LogP contribution in [0.3, 0.4) is 0 Å². The number of fused-ring (bicyclic) bond motifs is 4. The fourth-order valence-corrected chi connectivity index (χ4v) is 6.53. The van der Waals surface area contributed by atoms with Gasteiger partial charge in [-0.15, -0.1) is 0 Å². The number of aromatic carboxylic acids is 2. The Morgan fingerprint density at radius 1 is 0.491 bits per heavy atom. The largest absolute Gasteiger partial charge is 2.00 e. The molecular formula is C44H34O8Pt. The summed E-state index contributed by atoms with van der Waals surface area (Å²) in [6.45, 7) is 0.779. The van der Waals surface area contributed by atoms with E-state index in [0.29, 0.717) is 72.6 Å². The molecule has 268 valence electrons. The third-order valence-electron chi connectivity index (χ3n) is 9.01. The van der Waals surface area contributed by atoms with Crippen LogP contribution in [-0.4, -0.2) is 25.2 Å². The van der Waals surface area contributed by atoms with Crippen LogP contribution in [0.2, 0.25) is 0 Å². The first-order chi connectivity index (χ1) is 25.4. The molecular weight excluding hydrogens is 852 g/mol. The molecule has 0 saturated carbocycles. The van der Waals surface area contributed by atoms with E-state index in [9.17, 15) is 19.8 Å². The van der Waals surface area contributed by atoms with Crippen molar-refractivity contribution in [2.45, 2.75) is 25.7 Å². The molecule has 53 heavy (non-hydrogen) atoms. The summed E-state index contributed by atoms with van der Waals surface area (Å²) in [7, 11) is 0. The van der Waals surface area contributed by atoms with E-state index in [-0.39, 0.29) is 32.2 Å². The van der Waals surface area contributed by atoms with Gasteiger partial charge in [0, 0.05) is 47.9 Å². The zero-order chi connectivity index (χ0) is 35.9. The second-order valence-corrected chi connectivity index (χ2v) is 12.3. The summed E-state index contributed by atoms with van der Waals surface area (Å²) >= 11 is 0. The minimum Gasteiger partial charge on any atom is -0.545 e. The van der Waals surface area contributed by atoms with Crippen molar-refractivity contribution in [3.8, 4) is 34.5 Å². The fourth-order valence-electron chi connectivity index (χ4n) is 6.53. The second-order valence-electron chi connectivity index (χ2n) is 12.3. The van der Waals surface area contributed by atoms with Gasteiger partial charge < -0.3 is 38.7 Å². The maximum atomic E-state index is 11.8. The number of rotatable bonds is 10. The van der Waals surface area contributed by atoms with Crippen LogP contribution in [0.15, 0.2) is 133 Å². The van der Waals surface area contributed by atoms with Gasteiger partial charge in [-0.3, -0.25) is 0 Å². The van der Waals surface area contributed by atoms with Crippen LogP contribution in [0, 0.1) is 0 Å². The van der Waals surface area contributed by atoms with Crippen LogP contribution in [0.1, 0.15) is 54.1 Å². The van der Waals surface area contributed by atoms with Gasteiger partial charge in [0.05, 0.1) is 25.2 Å². The van der Waals surface area contributed by atoms with Crippen LogP contribution < -0.4 is 29.2 Å². The van der Waals surface area contributed by atoms with E-state index in [1.54, 1.807) is 12.1 Å². The number of carbonyl (C=O) groups is 2. The number of hydrogen-bond donors (Lipinski definition) is 0. The average molecular weight is 886 g/mol. The fraction of sp³-hybridized carbons (Fsp3) is 0.136. The number of para-hydroxylation sites is 4. The Hall–Kier alpha value is -5.85. The van der Waals surface area contributed by atoms with Crippen LogP contribution in [-0.2, 0) is 46.7 Å². The molecule has 8 rings (SSSR count). The van der Waals surface area contributed by atoms with Crippen LogP contribution in [0.25, 0.3) is 0 Å². The summed E-state index contributed by atoms with van der Waals surface area (Å²) in [6, 6.07) is 41.5. The number of benzene rings is 6. The van der Waals surface area contributed by atoms with Crippen molar-refractivity contribution in [1.82, 2.24) is 0 Å². The number of hydrogen-bond acceptors (Lipinski definition) is 8. The van der Waals surface area contributed by atoms with Crippen LogP contribution >= 0.6 is 0 Å². The molecule has 0 fully saturated rings. The molecule has 9 heteroatoms. The Bertz CT molecular complexity index is 2060. The minimum atomic E-state index is -1.18. The first-order valence-corrected chi connectivity index (χ1v) is 17.0. The third kappa shape index (κ3) is 8.62. The zero-order valence-corrected chi connectivity index (χ0v) is 30.8. The summed E-state index contributed by atoms with van der Waals surface area (Å²) < 4.78 is 23.2. The number of ether oxygens (including phenoxy) is 4. The van der Waals surface area contributed by atoms with E-state index in [4.69, 9.17) is 18.9 Å². The van der Waals surface area contributed by atoms with Crippen molar-refractivity contribution >= 4 is 11.9 Å². The Balaban J connectivity index is 0.000000178. The Labute approximate surface area is 321 Å². The van der Waals surface area contributed by atoms with Crippen molar-refractivity contribution in [1.29, 1.82) is 0 Å². The normalized spacial score (nSPS) is 11.6. The van der Waals surface area contributed by atoms with E-state index in [2.05, 4.69) is 0 Å². The molecule has 0 radical (unpaired) electrons. The molecule has 0 aromatic heterocycles. The molecule has 0 amide bonds. The van der Waals surface area contributed by atoms with E-state index in [1.807, 2.05) is 121 Å². The molecule has 8 nitrogen and oxygen atoms in total. The van der Waals surface area contributed by atoms with Gasteiger partial charge >= 0.3 is 21.1 Å². The summed E-state index contributed by atoms with van der Waals surface area (Å²) in [6.07, 6.45) is 1.99. The number of carboxylic acid groups (broad SMARTS) is 2. The van der Waals surface area contributed by atoms with Crippen LogP contribution in [0.5, 0.6) is 34.5 Å². The third-order valence-corrected chi connectivity index (χ3v) is 9.01. The Morgan fingerprint density at radius 3 is 1.26 bits per heavy atom. The molecule has 6 aromatic carbocycles. The van der Waals surface area contributed by atoms with Gasteiger partial charge in [0.25, 0.3) is 0 Å². The topological polar surface area (TPSA) is 117 Å². The molecule has 0 unspecified atom stereocenters. The quantitative estimate of drug-likeness (QED) is 0.149. The minimum absolute atomic E-state index is 0.